The molecule has 6 heterocycles. The van der Waals surface area contributed by atoms with E-state index in [4.69, 9.17) is 45.7 Å². The number of nitrogens with zero attached hydrogens (tertiary/aromatic N) is 6. The van der Waals surface area contributed by atoms with Crippen molar-refractivity contribution in [1.82, 2.24) is 14.7 Å². The van der Waals surface area contributed by atoms with Crippen molar-refractivity contribution in [1.29, 1.82) is 5.26 Å². The normalized spacial score (nSPS) is 26.5. The monoisotopic (exact) mass is 1000 g/mol. The maximum atomic E-state index is 16.0. The molecule has 3 amide bonds. The number of unbranched alkanes of at least 4 members (excludes halogenated alkanes) is 3. The smallest absolute Gasteiger partial charge is 0.475 e. The molecule has 3 aromatic rings. The van der Waals surface area contributed by atoms with E-state index < -0.39 is 61.1 Å². The van der Waals surface area contributed by atoms with E-state index in [0.29, 0.717) is 129 Å². The summed E-state index contributed by atoms with van der Waals surface area (Å²) in [5, 5.41) is 9.97. The minimum Gasteiger partial charge on any atom is -0.485 e. The van der Waals surface area contributed by atoms with Crippen LogP contribution in [0.1, 0.15) is 146 Å². The van der Waals surface area contributed by atoms with Crippen LogP contribution in [0.15, 0.2) is 54.6 Å². The van der Waals surface area contributed by atoms with Gasteiger partial charge in [-0.05, 0) is 116 Å². The molecule has 380 valence electrons. The minimum atomic E-state index is -4.77. The Kier molecular flexibility index (Phi) is 14.2. The number of amides is 3. The lowest BCUT2D eigenvalue weighted by Gasteiger charge is -2.50. The Morgan fingerprint density at radius 3 is 1.43 bits per heavy atom. The molecule has 7 atom stereocenters. The molecule has 3 saturated heterocycles. The van der Waals surface area contributed by atoms with E-state index >= 15 is 4.57 Å². The third-order valence-electron chi connectivity index (χ3n) is 14.8. The van der Waals surface area contributed by atoms with Gasteiger partial charge in [0.2, 0.25) is 17.7 Å². The first-order valence-corrected chi connectivity index (χ1v) is 26.6. The van der Waals surface area contributed by atoms with Gasteiger partial charge in [0.15, 0.2) is 11.4 Å². The van der Waals surface area contributed by atoms with Gasteiger partial charge < -0.3 is 33.6 Å². The SMILES string of the molecule is [C-]#[N+]c1ccc2c(c1)[C@@H](N1CCCC1=O)[C@H](OCCCCCCOP(=O)(O[C@H]1[C@H](N3CCCC3=O)c3cc(C#N)ccc3OC1(C)C)O[C@H]1[C@H](N3CCCC3=O)c3cc([N+]#[C-])ccc3OC1(C)C)C(C)(C)O2. The van der Waals surface area contributed by atoms with Gasteiger partial charge in [0, 0.05) is 62.2 Å². The number of rotatable bonds is 16. The molecule has 72 heavy (non-hydrogen) atoms. The Labute approximate surface area is 421 Å². The molecule has 0 spiro atoms. The topological polar surface area (TPSA) is 175 Å². The van der Waals surface area contributed by atoms with Crippen LogP contribution < -0.4 is 14.2 Å². The fourth-order valence-corrected chi connectivity index (χ4v) is 13.1. The van der Waals surface area contributed by atoms with E-state index in [1.165, 1.54) is 0 Å². The second kappa shape index (κ2) is 20.1. The third-order valence-corrected chi connectivity index (χ3v) is 16.3. The van der Waals surface area contributed by atoms with Crippen molar-refractivity contribution in [3.8, 4) is 23.3 Å². The number of nitriles is 1. The molecule has 17 nitrogen and oxygen atoms in total. The molecule has 18 heteroatoms. The van der Waals surface area contributed by atoms with E-state index in [-0.39, 0.29) is 24.3 Å². The van der Waals surface area contributed by atoms with Crippen molar-refractivity contribution in [2.45, 2.75) is 159 Å². The van der Waals surface area contributed by atoms with Crippen LogP contribution in [0.5, 0.6) is 17.2 Å². The van der Waals surface area contributed by atoms with Gasteiger partial charge >= 0.3 is 7.82 Å². The molecule has 6 aliphatic heterocycles. The summed E-state index contributed by atoms with van der Waals surface area (Å²) in [6, 6.07) is 15.5. The zero-order valence-electron chi connectivity index (χ0n) is 41.9. The summed E-state index contributed by atoms with van der Waals surface area (Å²) < 4.78 is 62.3. The first kappa shape index (κ1) is 50.9. The first-order chi connectivity index (χ1) is 34.4. The van der Waals surface area contributed by atoms with E-state index in [2.05, 4.69) is 15.8 Å². The average Bonchev–Trinajstić information content (AvgIpc) is 4.10. The first-order valence-electron chi connectivity index (χ1n) is 25.1. The van der Waals surface area contributed by atoms with Crippen LogP contribution in [0.25, 0.3) is 9.69 Å². The fraction of sp³-hybridized carbons (Fsp3) is 0.556. The number of benzene rings is 3. The molecule has 0 saturated carbocycles. The van der Waals surface area contributed by atoms with Crippen LogP contribution in [0.2, 0.25) is 0 Å². The highest BCUT2D eigenvalue weighted by Gasteiger charge is 2.57. The van der Waals surface area contributed by atoms with Crippen LogP contribution >= 0.6 is 7.82 Å². The van der Waals surface area contributed by atoms with Crippen LogP contribution in [0, 0.1) is 24.5 Å². The lowest BCUT2D eigenvalue weighted by Crippen LogP contribution is -2.56. The summed E-state index contributed by atoms with van der Waals surface area (Å²) in [5.74, 6) is 1.37. The lowest BCUT2D eigenvalue weighted by atomic mass is 9.85. The molecule has 9 rings (SSSR count). The number of carbonyl (C=O) groups is 3. The Balaban J connectivity index is 0.966. The van der Waals surface area contributed by atoms with Crippen LogP contribution in [-0.2, 0) is 37.3 Å². The largest absolute Gasteiger partial charge is 0.485 e. The number of fused-ring (bicyclic) bond motifs is 3. The standard InChI is InChI=1S/C54H63N6O11P/c1-52(2)49(46(58-25-13-16-43(58)61)38-31-35(56-7)20-23-41(38)67-52)65-28-11-9-10-12-29-66-72(64,70-50-47(59-26-14-17-44(59)62)37-30-34(33-55)19-22-40(37)68-53(50,3)4)71-51-48(60-27-15-18-45(60)63)39-32-36(57-8)21-24-42(39)69-54(51,5)6/h19-24,30-32,46-51H,9-18,25-29H2,1-6H3/t46-,47-,48-,49+,50+,51+,72?/m1/s1. The summed E-state index contributed by atoms with van der Waals surface area (Å²) in [4.78, 5) is 53.1. The van der Waals surface area contributed by atoms with Gasteiger partial charge in [0.05, 0.1) is 49.5 Å². The van der Waals surface area contributed by atoms with Gasteiger partial charge in [-0.2, -0.15) is 5.26 Å². The van der Waals surface area contributed by atoms with E-state index in [9.17, 15) is 19.6 Å². The molecule has 3 fully saturated rings. The van der Waals surface area contributed by atoms with Crippen LogP contribution in [0.4, 0.5) is 11.4 Å². The van der Waals surface area contributed by atoms with E-state index in [1.54, 1.807) is 92.1 Å². The fourth-order valence-electron chi connectivity index (χ4n) is 11.3. The van der Waals surface area contributed by atoms with Crippen molar-refractivity contribution < 1.29 is 51.5 Å². The Morgan fingerprint density at radius 2 is 1.01 bits per heavy atom. The number of hydrogen-bond acceptors (Lipinski definition) is 12. The summed E-state index contributed by atoms with van der Waals surface area (Å²) in [7, 11) is -4.77. The quantitative estimate of drug-likeness (QED) is 0.0755. The number of hydrogen-bond donors (Lipinski definition) is 0. The number of phosphoric ester groups is 1. The second-order valence-electron chi connectivity index (χ2n) is 21.1. The molecule has 0 aliphatic carbocycles. The summed E-state index contributed by atoms with van der Waals surface area (Å²) >= 11 is 0. The van der Waals surface area contributed by atoms with Gasteiger partial charge in [-0.1, -0.05) is 25.0 Å². The van der Waals surface area contributed by atoms with Crippen molar-refractivity contribution in [3.63, 3.8) is 0 Å². The predicted octanol–water partition coefficient (Wildman–Crippen LogP) is 10.4. The lowest BCUT2D eigenvalue weighted by molar-refractivity contribution is -0.149. The number of phosphoric acid groups is 1. The summed E-state index contributed by atoms with van der Waals surface area (Å²) in [6.45, 7) is 28.2. The van der Waals surface area contributed by atoms with E-state index in [0.717, 1.165) is 12.0 Å². The van der Waals surface area contributed by atoms with Gasteiger partial charge in [-0.3, -0.25) is 28.0 Å². The molecule has 3 aromatic carbocycles. The maximum absolute atomic E-state index is 16.0. The molecule has 6 aliphatic rings. The highest BCUT2D eigenvalue weighted by atomic mass is 31.2. The molecule has 0 N–H and O–H groups in total. The second-order valence-corrected chi connectivity index (χ2v) is 22.7. The highest BCUT2D eigenvalue weighted by Crippen LogP contribution is 2.61. The Hall–Kier alpha value is -5.99. The third kappa shape index (κ3) is 9.93. The van der Waals surface area contributed by atoms with Crippen LogP contribution in [-0.4, -0.2) is 100 Å². The Bertz CT molecular complexity index is 2680. The van der Waals surface area contributed by atoms with Gasteiger partial charge in [0.25, 0.3) is 0 Å². The van der Waals surface area contributed by atoms with E-state index in [1.807, 2.05) is 18.7 Å². The van der Waals surface area contributed by atoms with Crippen molar-refractivity contribution in [2.24, 2.45) is 0 Å². The number of likely N-dealkylation sites (tertiary alicyclic amines) is 3. The highest BCUT2D eigenvalue weighted by molar-refractivity contribution is 7.48. The van der Waals surface area contributed by atoms with Crippen LogP contribution in [0.3, 0.4) is 0 Å². The Morgan fingerprint density at radius 1 is 0.611 bits per heavy atom. The molecule has 1 unspecified atom stereocenters. The summed E-state index contributed by atoms with van der Waals surface area (Å²) in [5.41, 5.74) is -0.245. The molecular formula is C54H63N6O11P. The predicted molar refractivity (Wildman–Crippen MR) is 263 cm³/mol. The van der Waals surface area contributed by atoms with Gasteiger partial charge in [-0.25, -0.2) is 14.3 Å². The van der Waals surface area contributed by atoms with Gasteiger partial charge in [0.1, 0.15) is 52.4 Å². The average molecular weight is 1000 g/mol. The molecular weight excluding hydrogens is 940 g/mol. The zero-order valence-corrected chi connectivity index (χ0v) is 42.8. The van der Waals surface area contributed by atoms with Crippen molar-refractivity contribution >= 4 is 36.9 Å². The molecule has 0 bridgehead atoms. The molecule has 0 radical (unpaired) electrons. The number of ether oxygens (including phenoxy) is 4. The minimum absolute atomic E-state index is 0.0481. The van der Waals surface area contributed by atoms with Gasteiger partial charge in [-0.15, -0.1) is 0 Å². The number of carbonyl (C=O) groups excluding carboxylic acids is 3. The summed E-state index contributed by atoms with van der Waals surface area (Å²) in [6.07, 6.45) is 2.68. The van der Waals surface area contributed by atoms with Crippen molar-refractivity contribution in [2.75, 3.05) is 32.8 Å². The molecule has 0 aromatic heterocycles. The zero-order chi connectivity index (χ0) is 51.2. The van der Waals surface area contributed by atoms with Crippen molar-refractivity contribution in [3.05, 3.63) is 99.7 Å². The maximum Gasteiger partial charge on any atom is 0.475 e.